The smallest absolute Gasteiger partial charge is 0.191 e. The van der Waals surface area contributed by atoms with Gasteiger partial charge >= 0.3 is 0 Å². The molecule has 0 bridgehead atoms. The molecule has 0 spiro atoms. The van der Waals surface area contributed by atoms with Crippen LogP contribution >= 0.6 is 24.0 Å². The van der Waals surface area contributed by atoms with E-state index in [0.717, 1.165) is 64.9 Å². The minimum absolute atomic E-state index is 0. The lowest BCUT2D eigenvalue weighted by atomic mass is 10.1. The van der Waals surface area contributed by atoms with Gasteiger partial charge in [0.05, 0.1) is 19.8 Å². The highest BCUT2D eigenvalue weighted by atomic mass is 127. The van der Waals surface area contributed by atoms with Crippen molar-refractivity contribution in [3.63, 3.8) is 0 Å². The zero-order chi connectivity index (χ0) is 16.3. The molecule has 1 aromatic carbocycles. The first-order valence-corrected chi connectivity index (χ1v) is 8.66. The molecule has 6 heteroatoms. The third-order valence-corrected chi connectivity index (χ3v) is 3.92. The van der Waals surface area contributed by atoms with Gasteiger partial charge in [0.25, 0.3) is 0 Å². The molecule has 0 amide bonds. The van der Waals surface area contributed by atoms with Gasteiger partial charge in [-0.1, -0.05) is 29.8 Å². The number of ether oxygens (including phenoxy) is 1. The van der Waals surface area contributed by atoms with Crippen LogP contribution in [-0.4, -0.2) is 63.3 Å². The van der Waals surface area contributed by atoms with E-state index in [2.05, 4.69) is 58.6 Å². The van der Waals surface area contributed by atoms with Crippen LogP contribution in [0.15, 0.2) is 29.3 Å². The molecule has 1 aliphatic rings. The number of morpholine rings is 1. The molecule has 5 nitrogen and oxygen atoms in total. The average Bonchev–Trinajstić information content (AvgIpc) is 2.56. The average molecular weight is 446 g/mol. The van der Waals surface area contributed by atoms with Gasteiger partial charge in [-0.15, -0.1) is 24.0 Å². The predicted molar refractivity (Wildman–Crippen MR) is 112 cm³/mol. The summed E-state index contributed by atoms with van der Waals surface area (Å²) >= 11 is 0. The van der Waals surface area contributed by atoms with E-state index in [4.69, 9.17) is 4.74 Å². The molecule has 0 unspecified atom stereocenters. The van der Waals surface area contributed by atoms with E-state index < -0.39 is 0 Å². The van der Waals surface area contributed by atoms with Gasteiger partial charge in [-0.05, 0) is 25.8 Å². The molecule has 1 saturated heterocycles. The van der Waals surface area contributed by atoms with Crippen LogP contribution in [0.25, 0.3) is 0 Å². The minimum atomic E-state index is 0. The summed E-state index contributed by atoms with van der Waals surface area (Å²) in [5.74, 6) is 0.911. The fourth-order valence-corrected chi connectivity index (χ4v) is 2.66. The third kappa shape index (κ3) is 8.30. The second kappa shape index (κ2) is 12.5. The van der Waals surface area contributed by atoms with Crippen molar-refractivity contribution in [2.75, 3.05) is 52.5 Å². The van der Waals surface area contributed by atoms with Crippen LogP contribution in [0.2, 0.25) is 0 Å². The molecule has 1 heterocycles. The Kier molecular flexibility index (Phi) is 11.0. The Morgan fingerprint density at radius 2 is 2.04 bits per heavy atom. The summed E-state index contributed by atoms with van der Waals surface area (Å²) in [5, 5.41) is 6.74. The van der Waals surface area contributed by atoms with Crippen LogP contribution in [-0.2, 0) is 11.2 Å². The van der Waals surface area contributed by atoms with Crippen LogP contribution in [0.4, 0.5) is 0 Å². The molecule has 1 fully saturated rings. The van der Waals surface area contributed by atoms with Crippen molar-refractivity contribution in [3.8, 4) is 0 Å². The van der Waals surface area contributed by atoms with Crippen molar-refractivity contribution in [3.05, 3.63) is 35.4 Å². The molecule has 136 valence electrons. The first-order chi connectivity index (χ1) is 11.3. The van der Waals surface area contributed by atoms with Gasteiger partial charge in [-0.25, -0.2) is 0 Å². The number of guanidine groups is 1. The van der Waals surface area contributed by atoms with Gasteiger partial charge in [0, 0.05) is 32.7 Å². The molecule has 0 atom stereocenters. The van der Waals surface area contributed by atoms with E-state index in [0.29, 0.717) is 0 Å². The van der Waals surface area contributed by atoms with E-state index in [9.17, 15) is 0 Å². The second-order valence-electron chi connectivity index (χ2n) is 5.88. The van der Waals surface area contributed by atoms with Gasteiger partial charge < -0.3 is 15.4 Å². The van der Waals surface area contributed by atoms with E-state index in [1.165, 1.54) is 11.1 Å². The third-order valence-electron chi connectivity index (χ3n) is 3.92. The number of benzene rings is 1. The Bertz CT molecular complexity index is 490. The Balaban J connectivity index is 0.00000288. The zero-order valence-electron chi connectivity index (χ0n) is 14.9. The second-order valence-corrected chi connectivity index (χ2v) is 5.88. The number of halogens is 1. The van der Waals surface area contributed by atoms with Crippen LogP contribution in [0.1, 0.15) is 18.1 Å². The standard InChI is InChI=1S/C18H30N4O.HI/c1-3-19-18(21-9-10-22-11-13-23-14-12-22)20-8-7-17-6-4-5-16(2)15-17;/h4-6,15H,3,7-14H2,1-2H3,(H2,19,20,21);1H. The molecule has 0 saturated carbocycles. The van der Waals surface area contributed by atoms with Crippen molar-refractivity contribution >= 4 is 29.9 Å². The molecule has 1 aromatic rings. The molecule has 0 radical (unpaired) electrons. The van der Waals surface area contributed by atoms with E-state index in [-0.39, 0.29) is 24.0 Å². The van der Waals surface area contributed by atoms with E-state index in [1.807, 2.05) is 0 Å². The van der Waals surface area contributed by atoms with E-state index in [1.54, 1.807) is 0 Å². The van der Waals surface area contributed by atoms with Crippen LogP contribution in [0.3, 0.4) is 0 Å². The van der Waals surface area contributed by atoms with Crippen LogP contribution in [0.5, 0.6) is 0 Å². The van der Waals surface area contributed by atoms with Gasteiger partial charge in [-0.3, -0.25) is 9.89 Å². The molecule has 1 aliphatic heterocycles. The summed E-state index contributed by atoms with van der Waals surface area (Å²) in [4.78, 5) is 7.07. The molecule has 0 aliphatic carbocycles. The summed E-state index contributed by atoms with van der Waals surface area (Å²) in [7, 11) is 0. The molecular weight excluding hydrogens is 415 g/mol. The normalized spacial score (nSPS) is 15.7. The van der Waals surface area contributed by atoms with Crippen molar-refractivity contribution in [1.29, 1.82) is 0 Å². The van der Waals surface area contributed by atoms with Crippen LogP contribution in [0, 0.1) is 6.92 Å². The van der Waals surface area contributed by atoms with Gasteiger partial charge in [0.2, 0.25) is 0 Å². The number of nitrogens with zero attached hydrogens (tertiary/aromatic N) is 2. The summed E-state index contributed by atoms with van der Waals surface area (Å²) in [6.45, 7) is 11.6. The van der Waals surface area contributed by atoms with Gasteiger partial charge in [0.15, 0.2) is 5.96 Å². The summed E-state index contributed by atoms with van der Waals surface area (Å²) < 4.78 is 5.37. The maximum absolute atomic E-state index is 5.37. The number of nitrogens with one attached hydrogen (secondary N) is 2. The van der Waals surface area contributed by atoms with Crippen LogP contribution < -0.4 is 10.6 Å². The monoisotopic (exact) mass is 446 g/mol. The number of hydrogen-bond donors (Lipinski definition) is 2. The summed E-state index contributed by atoms with van der Waals surface area (Å²) in [5.41, 5.74) is 2.68. The molecule has 24 heavy (non-hydrogen) atoms. The first kappa shape index (κ1) is 21.2. The maximum Gasteiger partial charge on any atom is 0.191 e. The van der Waals surface area contributed by atoms with Crippen molar-refractivity contribution in [1.82, 2.24) is 15.5 Å². The van der Waals surface area contributed by atoms with Gasteiger partial charge in [0.1, 0.15) is 0 Å². The summed E-state index contributed by atoms with van der Waals surface area (Å²) in [6, 6.07) is 8.67. The lowest BCUT2D eigenvalue weighted by Gasteiger charge is -2.25. The van der Waals surface area contributed by atoms with E-state index >= 15 is 0 Å². The predicted octanol–water partition coefficient (Wildman–Crippen LogP) is 2.04. The largest absolute Gasteiger partial charge is 0.379 e. The minimum Gasteiger partial charge on any atom is -0.379 e. The first-order valence-electron chi connectivity index (χ1n) is 8.66. The number of hydrogen-bond acceptors (Lipinski definition) is 3. The Hall–Kier alpha value is -0.860. The highest BCUT2D eigenvalue weighted by Gasteiger charge is 2.09. The Morgan fingerprint density at radius 1 is 1.25 bits per heavy atom. The maximum atomic E-state index is 5.37. The van der Waals surface area contributed by atoms with Crippen molar-refractivity contribution in [2.24, 2.45) is 4.99 Å². The fraction of sp³-hybridized carbons (Fsp3) is 0.611. The highest BCUT2D eigenvalue weighted by molar-refractivity contribution is 14.0. The molecule has 0 aromatic heterocycles. The Morgan fingerprint density at radius 3 is 2.75 bits per heavy atom. The summed E-state index contributed by atoms with van der Waals surface area (Å²) in [6.07, 6.45) is 1.01. The number of rotatable bonds is 7. The van der Waals surface area contributed by atoms with Crippen molar-refractivity contribution in [2.45, 2.75) is 20.3 Å². The highest BCUT2D eigenvalue weighted by Crippen LogP contribution is 2.03. The molecular formula is C18H31IN4O. The molecule has 2 rings (SSSR count). The lowest BCUT2D eigenvalue weighted by Crippen LogP contribution is -2.40. The number of aliphatic imine (C=N–C) groups is 1. The SMILES string of the molecule is CCNC(=NCCN1CCOCC1)NCCc1cccc(C)c1.I. The van der Waals surface area contributed by atoms with Crippen molar-refractivity contribution < 1.29 is 4.74 Å². The zero-order valence-corrected chi connectivity index (χ0v) is 17.2. The fourth-order valence-electron chi connectivity index (χ4n) is 2.66. The quantitative estimate of drug-likeness (QED) is 0.383. The molecule has 2 N–H and O–H groups in total. The topological polar surface area (TPSA) is 48.9 Å². The number of aryl methyl sites for hydroxylation is 1. The lowest BCUT2D eigenvalue weighted by molar-refractivity contribution is 0.0394. The Labute approximate surface area is 163 Å². The van der Waals surface area contributed by atoms with Gasteiger partial charge in [-0.2, -0.15) is 0 Å².